The van der Waals surface area contributed by atoms with E-state index >= 15 is 0 Å². The second-order valence-corrected chi connectivity index (χ2v) is 7.44. The minimum absolute atomic E-state index is 0.149. The molecule has 2 heteroatoms. The van der Waals surface area contributed by atoms with Crippen molar-refractivity contribution in [2.24, 2.45) is 17.1 Å². The van der Waals surface area contributed by atoms with Crippen LogP contribution in [-0.2, 0) is 6.54 Å². The summed E-state index contributed by atoms with van der Waals surface area (Å²) >= 11 is 0. The topological polar surface area (TPSA) is 38.0 Å². The first kappa shape index (κ1) is 16.5. The van der Waals surface area contributed by atoms with Crippen molar-refractivity contribution in [1.82, 2.24) is 5.32 Å². The van der Waals surface area contributed by atoms with E-state index in [4.69, 9.17) is 5.73 Å². The summed E-state index contributed by atoms with van der Waals surface area (Å²) in [5, 5.41) is 3.77. The van der Waals surface area contributed by atoms with Gasteiger partial charge in [-0.3, -0.25) is 0 Å². The molecule has 0 unspecified atom stereocenters. The lowest BCUT2D eigenvalue weighted by molar-refractivity contribution is 0.101. The average molecular weight is 288 g/mol. The van der Waals surface area contributed by atoms with E-state index in [0.717, 1.165) is 19.0 Å². The molecule has 21 heavy (non-hydrogen) atoms. The summed E-state index contributed by atoms with van der Waals surface area (Å²) in [7, 11) is 0. The Kier molecular flexibility index (Phi) is 5.45. The number of hydrogen-bond donors (Lipinski definition) is 2. The van der Waals surface area contributed by atoms with E-state index in [1.165, 1.54) is 37.7 Å². The normalized spacial score (nSPS) is 26.8. The molecular weight excluding hydrogens is 256 g/mol. The highest BCUT2D eigenvalue weighted by Gasteiger charge is 2.38. The third-order valence-corrected chi connectivity index (χ3v) is 5.86. The third-order valence-electron chi connectivity index (χ3n) is 5.86. The van der Waals surface area contributed by atoms with Gasteiger partial charge in [0.05, 0.1) is 0 Å². The van der Waals surface area contributed by atoms with Crippen molar-refractivity contribution in [3.63, 3.8) is 0 Å². The molecule has 0 spiro atoms. The van der Waals surface area contributed by atoms with Crippen LogP contribution in [-0.4, -0.2) is 12.1 Å². The van der Waals surface area contributed by atoms with Crippen LogP contribution in [0.1, 0.15) is 58.4 Å². The lowest BCUT2D eigenvalue weighted by Crippen LogP contribution is -2.53. The van der Waals surface area contributed by atoms with Crippen LogP contribution in [0.3, 0.4) is 0 Å². The Morgan fingerprint density at radius 3 is 2.33 bits per heavy atom. The Labute approximate surface area is 130 Å². The van der Waals surface area contributed by atoms with Gasteiger partial charge in [-0.2, -0.15) is 0 Å². The second-order valence-electron chi connectivity index (χ2n) is 7.44. The molecule has 2 rings (SSSR count). The molecule has 1 aliphatic rings. The summed E-state index contributed by atoms with van der Waals surface area (Å²) in [6, 6.07) is 10.6. The molecule has 0 aromatic heterocycles. The van der Waals surface area contributed by atoms with Crippen LogP contribution in [0.15, 0.2) is 30.3 Å². The van der Waals surface area contributed by atoms with Crippen LogP contribution in [0.5, 0.6) is 0 Å². The van der Waals surface area contributed by atoms with Crippen molar-refractivity contribution < 1.29 is 0 Å². The lowest BCUT2D eigenvalue weighted by Gasteiger charge is -2.45. The summed E-state index contributed by atoms with van der Waals surface area (Å²) in [4.78, 5) is 0. The van der Waals surface area contributed by atoms with E-state index in [9.17, 15) is 0 Å². The van der Waals surface area contributed by atoms with E-state index in [2.05, 4.69) is 56.4 Å². The highest BCUT2D eigenvalue weighted by molar-refractivity contribution is 5.15. The molecule has 1 aromatic rings. The number of nitrogens with two attached hydrogens (primary N) is 1. The quantitative estimate of drug-likeness (QED) is 0.827. The third kappa shape index (κ3) is 4.08. The van der Waals surface area contributed by atoms with Crippen LogP contribution < -0.4 is 11.1 Å². The van der Waals surface area contributed by atoms with Crippen molar-refractivity contribution in [3.8, 4) is 0 Å². The largest absolute Gasteiger partial charge is 0.329 e. The molecule has 0 heterocycles. The van der Waals surface area contributed by atoms with Gasteiger partial charge in [-0.25, -0.2) is 0 Å². The first-order chi connectivity index (χ1) is 10.0. The van der Waals surface area contributed by atoms with Crippen LogP contribution in [0.2, 0.25) is 0 Å². The maximum absolute atomic E-state index is 6.13. The Bertz CT molecular complexity index is 416. The first-order valence-corrected chi connectivity index (χ1v) is 8.50. The fourth-order valence-corrected chi connectivity index (χ4v) is 3.58. The second kappa shape index (κ2) is 6.93. The Morgan fingerprint density at radius 2 is 1.81 bits per heavy atom. The van der Waals surface area contributed by atoms with Gasteiger partial charge in [0.15, 0.2) is 0 Å². The van der Waals surface area contributed by atoms with Gasteiger partial charge >= 0.3 is 0 Å². The summed E-state index contributed by atoms with van der Waals surface area (Å²) in [5.74, 6) is 0.848. The fourth-order valence-electron chi connectivity index (χ4n) is 3.58. The molecule has 3 N–H and O–H groups in total. The molecule has 1 aliphatic carbocycles. The molecular formula is C19H32N2. The van der Waals surface area contributed by atoms with Crippen molar-refractivity contribution in [1.29, 1.82) is 0 Å². The summed E-state index contributed by atoms with van der Waals surface area (Å²) in [6.07, 6.45) is 6.30. The van der Waals surface area contributed by atoms with Crippen molar-refractivity contribution in [3.05, 3.63) is 35.9 Å². The molecule has 0 radical (unpaired) electrons. The van der Waals surface area contributed by atoms with E-state index in [0.29, 0.717) is 5.41 Å². The zero-order valence-electron chi connectivity index (χ0n) is 14.0. The molecule has 1 aromatic carbocycles. The van der Waals surface area contributed by atoms with E-state index in [1.54, 1.807) is 0 Å². The lowest BCUT2D eigenvalue weighted by atomic mass is 9.65. The Balaban J connectivity index is 1.92. The monoisotopic (exact) mass is 288 g/mol. The summed E-state index contributed by atoms with van der Waals surface area (Å²) < 4.78 is 0. The van der Waals surface area contributed by atoms with Crippen LogP contribution in [0.25, 0.3) is 0 Å². The van der Waals surface area contributed by atoms with Gasteiger partial charge < -0.3 is 11.1 Å². The predicted octanol–water partition coefficient (Wildman–Crippen LogP) is 4.10. The smallest absolute Gasteiger partial charge is 0.0307 e. The molecule has 0 atom stereocenters. The van der Waals surface area contributed by atoms with E-state index in [-0.39, 0.29) is 5.54 Å². The van der Waals surface area contributed by atoms with Gasteiger partial charge in [-0.15, -0.1) is 0 Å². The molecule has 1 fully saturated rings. The standard InChI is InChI=1S/C19H32N2/c1-4-18(2,3)17-10-12-19(15-20,13-11-17)21-14-16-8-6-5-7-9-16/h5-9,17,21H,4,10-15,20H2,1-3H3. The molecule has 1 saturated carbocycles. The fraction of sp³-hybridized carbons (Fsp3) is 0.684. The zero-order valence-corrected chi connectivity index (χ0v) is 14.0. The summed E-state index contributed by atoms with van der Waals surface area (Å²) in [6.45, 7) is 8.84. The number of benzene rings is 1. The van der Waals surface area contributed by atoms with Crippen molar-refractivity contribution >= 4 is 0 Å². The Hall–Kier alpha value is -0.860. The maximum atomic E-state index is 6.13. The van der Waals surface area contributed by atoms with Crippen LogP contribution in [0.4, 0.5) is 0 Å². The van der Waals surface area contributed by atoms with Gasteiger partial charge in [-0.1, -0.05) is 57.5 Å². The maximum Gasteiger partial charge on any atom is 0.0307 e. The average Bonchev–Trinajstić information content (AvgIpc) is 2.54. The molecule has 0 amide bonds. The molecule has 118 valence electrons. The molecule has 0 aliphatic heterocycles. The Morgan fingerprint density at radius 1 is 1.19 bits per heavy atom. The van der Waals surface area contributed by atoms with Gasteiger partial charge in [0.25, 0.3) is 0 Å². The molecule has 2 nitrogen and oxygen atoms in total. The number of hydrogen-bond acceptors (Lipinski definition) is 2. The minimum Gasteiger partial charge on any atom is -0.329 e. The van der Waals surface area contributed by atoms with Gasteiger partial charge in [0.2, 0.25) is 0 Å². The van der Waals surface area contributed by atoms with E-state index < -0.39 is 0 Å². The van der Waals surface area contributed by atoms with E-state index in [1.807, 2.05) is 0 Å². The predicted molar refractivity (Wildman–Crippen MR) is 91.1 cm³/mol. The first-order valence-electron chi connectivity index (χ1n) is 8.50. The van der Waals surface area contributed by atoms with Crippen molar-refractivity contribution in [2.45, 2.75) is 65.0 Å². The molecule has 0 saturated heterocycles. The summed E-state index contributed by atoms with van der Waals surface area (Å²) in [5.41, 5.74) is 8.10. The minimum atomic E-state index is 0.149. The van der Waals surface area contributed by atoms with Crippen molar-refractivity contribution in [2.75, 3.05) is 6.54 Å². The zero-order chi connectivity index (χ0) is 15.3. The SMILES string of the molecule is CCC(C)(C)C1CCC(CN)(NCc2ccccc2)CC1. The van der Waals surface area contributed by atoms with Gasteiger partial charge in [0, 0.05) is 18.6 Å². The van der Waals surface area contributed by atoms with Gasteiger partial charge in [0.1, 0.15) is 0 Å². The van der Waals surface area contributed by atoms with Gasteiger partial charge in [-0.05, 0) is 42.6 Å². The van der Waals surface area contributed by atoms with Crippen LogP contribution in [0, 0.1) is 11.3 Å². The number of nitrogens with one attached hydrogen (secondary N) is 1. The number of rotatable bonds is 6. The molecule has 0 bridgehead atoms. The highest BCUT2D eigenvalue weighted by atomic mass is 15.0. The highest BCUT2D eigenvalue weighted by Crippen LogP contribution is 2.43. The van der Waals surface area contributed by atoms with Crippen LogP contribution >= 0.6 is 0 Å².